The van der Waals surface area contributed by atoms with Gasteiger partial charge in [0.2, 0.25) is 5.95 Å². The second-order valence-corrected chi connectivity index (χ2v) is 5.83. The molecule has 1 heterocycles. The van der Waals surface area contributed by atoms with Gasteiger partial charge in [0, 0.05) is 12.6 Å². The molecule has 94 valence electrons. The number of hydrogen-bond donors (Lipinski definition) is 1. The maximum absolute atomic E-state index is 13.2. The van der Waals surface area contributed by atoms with E-state index < -0.39 is 0 Å². The third kappa shape index (κ3) is 1.44. The number of fused-ring (bicyclic) bond motifs is 1. The van der Waals surface area contributed by atoms with Crippen molar-refractivity contribution in [1.29, 1.82) is 0 Å². The monoisotopic (exact) mass is 245 g/mol. The lowest BCUT2D eigenvalue weighted by Gasteiger charge is -2.16. The van der Waals surface area contributed by atoms with E-state index in [4.69, 9.17) is 5.73 Å². The molecule has 1 aromatic heterocycles. The number of nitrogens with zero attached hydrogens (tertiary/aromatic N) is 2. The van der Waals surface area contributed by atoms with E-state index in [2.05, 4.69) is 9.55 Å². The molecule has 2 aliphatic carbocycles. The molecule has 4 rings (SSSR count). The SMILES string of the molecule is Nc1nc2cc(F)ccc2n1CC1(C2CC2)CC1. The molecule has 2 saturated carbocycles. The van der Waals surface area contributed by atoms with Gasteiger partial charge in [0.05, 0.1) is 11.0 Å². The van der Waals surface area contributed by atoms with E-state index in [-0.39, 0.29) is 5.82 Å². The number of nitrogen functional groups attached to an aromatic ring is 1. The fraction of sp³-hybridized carbons (Fsp3) is 0.500. The van der Waals surface area contributed by atoms with Gasteiger partial charge < -0.3 is 10.3 Å². The first-order chi connectivity index (χ1) is 8.68. The summed E-state index contributed by atoms with van der Waals surface area (Å²) in [6, 6.07) is 4.73. The summed E-state index contributed by atoms with van der Waals surface area (Å²) in [4.78, 5) is 4.27. The Kier molecular flexibility index (Phi) is 1.87. The molecular weight excluding hydrogens is 229 g/mol. The van der Waals surface area contributed by atoms with E-state index in [1.807, 2.05) is 0 Å². The van der Waals surface area contributed by atoms with Gasteiger partial charge in [0.25, 0.3) is 0 Å². The normalized spacial score (nSPS) is 21.4. The van der Waals surface area contributed by atoms with Crippen LogP contribution in [0.4, 0.5) is 10.3 Å². The predicted octanol–water partition coefficient (Wildman–Crippen LogP) is 2.95. The van der Waals surface area contributed by atoms with Gasteiger partial charge in [-0.25, -0.2) is 9.37 Å². The number of hydrogen-bond acceptors (Lipinski definition) is 2. The molecule has 2 fully saturated rings. The smallest absolute Gasteiger partial charge is 0.201 e. The highest BCUT2D eigenvalue weighted by molar-refractivity contribution is 5.78. The first-order valence-corrected chi connectivity index (χ1v) is 6.59. The van der Waals surface area contributed by atoms with Crippen molar-refractivity contribution in [3.8, 4) is 0 Å². The number of halogens is 1. The maximum atomic E-state index is 13.2. The molecule has 0 radical (unpaired) electrons. The zero-order valence-corrected chi connectivity index (χ0v) is 10.2. The zero-order chi connectivity index (χ0) is 12.3. The standard InChI is InChI=1S/C14H16FN3/c15-10-3-4-12-11(7-10)17-13(16)18(12)8-14(5-6-14)9-1-2-9/h3-4,7,9H,1-2,5-6,8H2,(H2,16,17). The van der Waals surface area contributed by atoms with Crippen LogP contribution in [-0.4, -0.2) is 9.55 Å². The number of benzene rings is 1. The van der Waals surface area contributed by atoms with Crippen LogP contribution in [0.1, 0.15) is 25.7 Å². The lowest BCUT2D eigenvalue weighted by atomic mass is 10.0. The Balaban J connectivity index is 1.77. The molecule has 2 aromatic rings. The summed E-state index contributed by atoms with van der Waals surface area (Å²) in [7, 11) is 0. The molecule has 3 nitrogen and oxygen atoms in total. The fourth-order valence-corrected chi connectivity index (χ4v) is 3.15. The van der Waals surface area contributed by atoms with Gasteiger partial charge in [-0.2, -0.15) is 0 Å². The average molecular weight is 245 g/mol. The first-order valence-electron chi connectivity index (χ1n) is 6.59. The lowest BCUT2D eigenvalue weighted by Crippen LogP contribution is -2.15. The van der Waals surface area contributed by atoms with E-state index in [0.29, 0.717) is 16.9 Å². The van der Waals surface area contributed by atoms with Gasteiger partial charge >= 0.3 is 0 Å². The van der Waals surface area contributed by atoms with Gasteiger partial charge in [-0.1, -0.05) is 0 Å². The van der Waals surface area contributed by atoms with Gasteiger partial charge in [-0.15, -0.1) is 0 Å². The van der Waals surface area contributed by atoms with Crippen LogP contribution < -0.4 is 5.73 Å². The highest BCUT2D eigenvalue weighted by Crippen LogP contribution is 2.62. The quantitative estimate of drug-likeness (QED) is 0.903. The minimum atomic E-state index is -0.254. The van der Waals surface area contributed by atoms with Crippen LogP contribution in [0.25, 0.3) is 11.0 Å². The van der Waals surface area contributed by atoms with Crippen molar-refractivity contribution in [2.75, 3.05) is 5.73 Å². The molecule has 0 amide bonds. The van der Waals surface area contributed by atoms with Crippen LogP contribution in [0.5, 0.6) is 0 Å². The molecule has 1 aromatic carbocycles. The van der Waals surface area contributed by atoms with E-state index >= 15 is 0 Å². The average Bonchev–Trinajstić information content (AvgIpc) is 3.20. The molecule has 2 N–H and O–H groups in total. The highest BCUT2D eigenvalue weighted by Gasteiger charge is 2.54. The van der Waals surface area contributed by atoms with Gasteiger partial charge in [-0.3, -0.25) is 0 Å². The molecule has 0 atom stereocenters. The Morgan fingerprint density at radius 3 is 2.83 bits per heavy atom. The minimum Gasteiger partial charge on any atom is -0.369 e. The van der Waals surface area contributed by atoms with Crippen LogP contribution in [-0.2, 0) is 6.54 Å². The van der Waals surface area contributed by atoms with Crippen molar-refractivity contribution in [2.24, 2.45) is 11.3 Å². The Morgan fingerprint density at radius 1 is 1.39 bits per heavy atom. The van der Waals surface area contributed by atoms with Crippen LogP contribution in [0.3, 0.4) is 0 Å². The molecule has 18 heavy (non-hydrogen) atoms. The summed E-state index contributed by atoms with van der Waals surface area (Å²) < 4.78 is 15.2. The van der Waals surface area contributed by atoms with Gasteiger partial charge in [0.1, 0.15) is 5.82 Å². The lowest BCUT2D eigenvalue weighted by molar-refractivity contribution is 0.377. The Labute approximate surface area is 105 Å². The Bertz CT molecular complexity index is 623. The summed E-state index contributed by atoms with van der Waals surface area (Å²) in [5, 5.41) is 0. The summed E-state index contributed by atoms with van der Waals surface area (Å²) in [6.45, 7) is 0.950. The van der Waals surface area contributed by atoms with Crippen molar-refractivity contribution >= 4 is 17.0 Å². The van der Waals surface area contributed by atoms with E-state index in [0.717, 1.165) is 18.0 Å². The molecule has 0 spiro atoms. The van der Waals surface area contributed by atoms with E-state index in [1.165, 1.54) is 37.8 Å². The number of rotatable bonds is 3. The number of aromatic nitrogens is 2. The minimum absolute atomic E-state index is 0.254. The molecule has 2 aliphatic rings. The summed E-state index contributed by atoms with van der Waals surface area (Å²) in [5.74, 6) is 1.15. The number of imidazole rings is 1. The number of anilines is 1. The second-order valence-electron chi connectivity index (χ2n) is 5.83. The molecule has 0 bridgehead atoms. The summed E-state index contributed by atoms with van der Waals surface area (Å²) in [6.07, 6.45) is 5.33. The molecule has 0 unspecified atom stereocenters. The summed E-state index contributed by atoms with van der Waals surface area (Å²) >= 11 is 0. The van der Waals surface area contributed by atoms with Crippen molar-refractivity contribution in [3.63, 3.8) is 0 Å². The third-order valence-corrected chi connectivity index (χ3v) is 4.55. The fourth-order valence-electron chi connectivity index (χ4n) is 3.15. The van der Waals surface area contributed by atoms with Crippen LogP contribution in [0.15, 0.2) is 18.2 Å². The maximum Gasteiger partial charge on any atom is 0.201 e. The van der Waals surface area contributed by atoms with Crippen LogP contribution in [0.2, 0.25) is 0 Å². The Morgan fingerprint density at radius 2 is 2.17 bits per heavy atom. The van der Waals surface area contributed by atoms with Crippen molar-refractivity contribution in [3.05, 3.63) is 24.0 Å². The van der Waals surface area contributed by atoms with E-state index in [9.17, 15) is 4.39 Å². The topological polar surface area (TPSA) is 43.8 Å². The summed E-state index contributed by atoms with van der Waals surface area (Å²) in [5.41, 5.74) is 8.08. The van der Waals surface area contributed by atoms with Crippen LogP contribution >= 0.6 is 0 Å². The zero-order valence-electron chi connectivity index (χ0n) is 10.2. The third-order valence-electron chi connectivity index (χ3n) is 4.55. The Hall–Kier alpha value is -1.58. The highest BCUT2D eigenvalue weighted by atomic mass is 19.1. The molecule has 0 aliphatic heterocycles. The number of nitrogens with two attached hydrogens (primary N) is 1. The van der Waals surface area contributed by atoms with E-state index in [1.54, 1.807) is 6.07 Å². The largest absolute Gasteiger partial charge is 0.369 e. The van der Waals surface area contributed by atoms with Crippen molar-refractivity contribution < 1.29 is 4.39 Å². The van der Waals surface area contributed by atoms with Crippen molar-refractivity contribution in [2.45, 2.75) is 32.2 Å². The molecule has 4 heteroatoms. The van der Waals surface area contributed by atoms with Gasteiger partial charge in [-0.05, 0) is 49.1 Å². The molecular formula is C14H16FN3. The van der Waals surface area contributed by atoms with Gasteiger partial charge in [0.15, 0.2) is 0 Å². The first kappa shape index (κ1) is 10.4. The predicted molar refractivity (Wildman–Crippen MR) is 68.5 cm³/mol. The van der Waals surface area contributed by atoms with Crippen molar-refractivity contribution in [1.82, 2.24) is 9.55 Å². The second kappa shape index (κ2) is 3.25. The molecule has 0 saturated heterocycles. The van der Waals surface area contributed by atoms with Crippen LogP contribution in [0, 0.1) is 17.2 Å².